The first-order valence-electron chi connectivity index (χ1n) is 7.89. The standard InChI is InChI=1S/C17H20N4O2S2/c1-12(2)7-15-8-16(17(24-15)25(18,22)23)13-3-4-14(20-9-13)10-21-6-5-19-11-21/h3-6,8-9,11-12H,7,10H2,1-2H3,(H2,18,22,23). The van der Waals surface area contributed by atoms with Gasteiger partial charge in [-0.15, -0.1) is 11.3 Å². The van der Waals surface area contributed by atoms with Crippen molar-refractivity contribution in [1.82, 2.24) is 14.5 Å². The number of nitrogens with two attached hydrogens (primary N) is 1. The van der Waals surface area contributed by atoms with Gasteiger partial charge in [-0.2, -0.15) is 0 Å². The first kappa shape index (κ1) is 17.8. The van der Waals surface area contributed by atoms with Crippen molar-refractivity contribution in [3.05, 3.63) is 53.7 Å². The summed E-state index contributed by atoms with van der Waals surface area (Å²) < 4.78 is 26.0. The molecular formula is C17H20N4O2S2. The van der Waals surface area contributed by atoms with Crippen molar-refractivity contribution in [3.8, 4) is 11.1 Å². The van der Waals surface area contributed by atoms with E-state index in [9.17, 15) is 8.42 Å². The number of pyridine rings is 1. The van der Waals surface area contributed by atoms with Crippen LogP contribution in [0.4, 0.5) is 0 Å². The normalized spacial score (nSPS) is 12.0. The first-order valence-corrected chi connectivity index (χ1v) is 10.3. The number of aromatic nitrogens is 3. The third-order valence-electron chi connectivity index (χ3n) is 3.66. The summed E-state index contributed by atoms with van der Waals surface area (Å²) in [5, 5.41) is 5.41. The highest BCUT2D eigenvalue weighted by atomic mass is 32.2. The molecule has 0 saturated carbocycles. The lowest BCUT2D eigenvalue weighted by molar-refractivity contribution is 0.600. The summed E-state index contributed by atoms with van der Waals surface area (Å²) in [5.41, 5.74) is 2.26. The molecule has 8 heteroatoms. The maximum absolute atomic E-state index is 12.0. The van der Waals surface area contributed by atoms with Crippen LogP contribution >= 0.6 is 11.3 Å². The number of nitrogens with zero attached hydrogens (tertiary/aromatic N) is 3. The van der Waals surface area contributed by atoms with Gasteiger partial charge in [0.2, 0.25) is 10.0 Å². The fraction of sp³-hybridized carbons (Fsp3) is 0.294. The van der Waals surface area contributed by atoms with Crippen LogP contribution in [0.2, 0.25) is 0 Å². The molecule has 0 aliphatic carbocycles. The Kier molecular flexibility index (Phi) is 5.03. The van der Waals surface area contributed by atoms with Crippen molar-refractivity contribution < 1.29 is 8.42 Å². The molecule has 0 atom stereocenters. The van der Waals surface area contributed by atoms with Crippen LogP contribution in [-0.2, 0) is 23.0 Å². The molecule has 6 nitrogen and oxygen atoms in total. The lowest BCUT2D eigenvalue weighted by atomic mass is 10.1. The second-order valence-electron chi connectivity index (χ2n) is 6.33. The molecule has 0 spiro atoms. The van der Waals surface area contributed by atoms with Crippen molar-refractivity contribution in [2.24, 2.45) is 11.1 Å². The maximum Gasteiger partial charge on any atom is 0.248 e. The van der Waals surface area contributed by atoms with E-state index in [0.29, 0.717) is 18.0 Å². The van der Waals surface area contributed by atoms with Crippen molar-refractivity contribution >= 4 is 21.4 Å². The topological polar surface area (TPSA) is 90.9 Å². The minimum Gasteiger partial charge on any atom is -0.331 e. The molecule has 132 valence electrons. The SMILES string of the molecule is CC(C)Cc1cc(-c2ccc(Cn3ccnc3)nc2)c(S(N)(=O)=O)s1. The summed E-state index contributed by atoms with van der Waals surface area (Å²) in [6.45, 7) is 4.81. The maximum atomic E-state index is 12.0. The van der Waals surface area contributed by atoms with Crippen LogP contribution in [0.3, 0.4) is 0 Å². The van der Waals surface area contributed by atoms with Crippen molar-refractivity contribution in [2.45, 2.75) is 31.0 Å². The second-order valence-corrected chi connectivity index (χ2v) is 9.22. The van der Waals surface area contributed by atoms with E-state index < -0.39 is 10.0 Å². The Labute approximate surface area is 151 Å². The zero-order valence-electron chi connectivity index (χ0n) is 14.1. The van der Waals surface area contributed by atoms with E-state index >= 15 is 0 Å². The Balaban J connectivity index is 1.93. The third kappa shape index (κ3) is 4.33. The minimum atomic E-state index is -3.77. The van der Waals surface area contributed by atoms with Crippen LogP contribution in [0.1, 0.15) is 24.4 Å². The average molecular weight is 377 g/mol. The number of hydrogen-bond donors (Lipinski definition) is 1. The molecule has 0 aromatic carbocycles. The summed E-state index contributed by atoms with van der Waals surface area (Å²) >= 11 is 1.24. The number of thiophene rings is 1. The van der Waals surface area contributed by atoms with Crippen LogP contribution in [0, 0.1) is 5.92 Å². The van der Waals surface area contributed by atoms with E-state index in [4.69, 9.17) is 5.14 Å². The molecule has 0 aliphatic rings. The Bertz CT molecular complexity index is 943. The van der Waals surface area contributed by atoms with E-state index in [1.807, 2.05) is 29.0 Å². The van der Waals surface area contributed by atoms with E-state index in [2.05, 4.69) is 23.8 Å². The Morgan fingerprint density at radius 2 is 2.12 bits per heavy atom. The lowest BCUT2D eigenvalue weighted by Crippen LogP contribution is -2.11. The summed E-state index contributed by atoms with van der Waals surface area (Å²) in [6, 6.07) is 5.69. The lowest BCUT2D eigenvalue weighted by Gasteiger charge is -2.05. The van der Waals surface area contributed by atoms with Gasteiger partial charge in [0.1, 0.15) is 4.21 Å². The number of hydrogen-bond acceptors (Lipinski definition) is 5. The van der Waals surface area contributed by atoms with E-state index in [1.165, 1.54) is 11.3 Å². The largest absolute Gasteiger partial charge is 0.331 e. The average Bonchev–Trinajstić information content (AvgIpc) is 3.16. The number of primary sulfonamides is 1. The zero-order valence-corrected chi connectivity index (χ0v) is 15.7. The molecule has 0 unspecified atom stereocenters. The molecule has 0 amide bonds. The van der Waals surface area contributed by atoms with Crippen molar-refractivity contribution in [2.75, 3.05) is 0 Å². The zero-order chi connectivity index (χ0) is 18.0. The van der Waals surface area contributed by atoms with Crippen LogP contribution in [0.5, 0.6) is 0 Å². The van der Waals surface area contributed by atoms with Gasteiger partial charge in [0.15, 0.2) is 0 Å². The molecule has 2 N–H and O–H groups in total. The fourth-order valence-electron chi connectivity index (χ4n) is 2.58. The van der Waals surface area contributed by atoms with Gasteiger partial charge < -0.3 is 4.57 Å². The molecule has 0 fully saturated rings. The van der Waals surface area contributed by atoms with Crippen molar-refractivity contribution in [3.63, 3.8) is 0 Å². The summed E-state index contributed by atoms with van der Waals surface area (Å²) in [4.78, 5) is 9.46. The van der Waals surface area contributed by atoms with Crippen LogP contribution in [-0.4, -0.2) is 23.0 Å². The minimum absolute atomic E-state index is 0.201. The second kappa shape index (κ2) is 7.07. The summed E-state index contributed by atoms with van der Waals surface area (Å²) in [7, 11) is -3.77. The van der Waals surface area contributed by atoms with Crippen LogP contribution in [0.15, 0.2) is 47.3 Å². The molecule has 3 heterocycles. The van der Waals surface area contributed by atoms with E-state index in [-0.39, 0.29) is 4.21 Å². The molecular weight excluding hydrogens is 356 g/mol. The van der Waals surface area contributed by atoms with Gasteiger partial charge in [0.25, 0.3) is 0 Å². The van der Waals surface area contributed by atoms with Gasteiger partial charge in [-0.3, -0.25) is 4.98 Å². The van der Waals surface area contributed by atoms with Gasteiger partial charge in [0.05, 0.1) is 18.6 Å². The quantitative estimate of drug-likeness (QED) is 0.716. The predicted octanol–water partition coefficient (Wildman–Crippen LogP) is 2.90. The number of imidazole rings is 1. The van der Waals surface area contributed by atoms with Gasteiger partial charge in [0, 0.05) is 34.6 Å². The highest BCUT2D eigenvalue weighted by Gasteiger charge is 2.20. The highest BCUT2D eigenvalue weighted by molar-refractivity contribution is 7.91. The van der Waals surface area contributed by atoms with Gasteiger partial charge in [-0.1, -0.05) is 19.9 Å². The number of rotatable bonds is 6. The molecule has 0 radical (unpaired) electrons. The van der Waals surface area contributed by atoms with Gasteiger partial charge in [-0.25, -0.2) is 18.5 Å². The molecule has 0 saturated heterocycles. The van der Waals surface area contributed by atoms with E-state index in [1.54, 1.807) is 18.7 Å². The van der Waals surface area contributed by atoms with Gasteiger partial charge >= 0.3 is 0 Å². The molecule has 0 bridgehead atoms. The molecule has 3 rings (SSSR count). The molecule has 3 aromatic heterocycles. The number of sulfonamides is 1. The third-order valence-corrected chi connectivity index (χ3v) is 6.29. The van der Waals surface area contributed by atoms with Crippen LogP contribution < -0.4 is 5.14 Å². The first-order chi connectivity index (χ1) is 11.8. The smallest absolute Gasteiger partial charge is 0.248 e. The molecule has 25 heavy (non-hydrogen) atoms. The molecule has 0 aliphatic heterocycles. The van der Waals surface area contributed by atoms with Gasteiger partial charge in [-0.05, 0) is 24.5 Å². The Morgan fingerprint density at radius 1 is 1.32 bits per heavy atom. The summed E-state index contributed by atoms with van der Waals surface area (Å²) in [5.74, 6) is 0.440. The van der Waals surface area contributed by atoms with Crippen molar-refractivity contribution in [1.29, 1.82) is 0 Å². The monoisotopic (exact) mass is 376 g/mol. The fourth-order valence-corrected chi connectivity index (χ4v) is 4.97. The highest BCUT2D eigenvalue weighted by Crippen LogP contribution is 2.35. The predicted molar refractivity (Wildman–Crippen MR) is 98.8 cm³/mol. The Morgan fingerprint density at radius 3 is 2.68 bits per heavy atom. The molecule has 3 aromatic rings. The summed E-state index contributed by atoms with van der Waals surface area (Å²) in [6.07, 6.45) is 7.83. The Hall–Kier alpha value is -2.03. The van der Waals surface area contributed by atoms with E-state index in [0.717, 1.165) is 22.6 Å². The van der Waals surface area contributed by atoms with Crippen LogP contribution in [0.25, 0.3) is 11.1 Å².